The third kappa shape index (κ3) is 6.74. The van der Waals surface area contributed by atoms with E-state index in [0.29, 0.717) is 10.6 Å². The maximum Gasteiger partial charge on any atom is 0.264 e. The SMILES string of the molecule is CCC(C(=O)NC)N(Cc1ccc(Cl)c(Cl)c1)C(=O)CN(c1cccc(Cl)c1Cl)S(=O)(=O)c1ccccc1. The van der Waals surface area contributed by atoms with Crippen LogP contribution in [-0.2, 0) is 26.2 Å². The predicted molar refractivity (Wildman–Crippen MR) is 153 cm³/mol. The summed E-state index contributed by atoms with van der Waals surface area (Å²) in [7, 11) is -2.80. The smallest absolute Gasteiger partial charge is 0.264 e. The predicted octanol–water partition coefficient (Wildman–Crippen LogP) is 6.05. The molecular weight excluding hydrogens is 592 g/mol. The van der Waals surface area contributed by atoms with E-state index < -0.39 is 34.4 Å². The summed E-state index contributed by atoms with van der Waals surface area (Å²) >= 11 is 24.8. The Morgan fingerprint density at radius 1 is 0.895 bits per heavy atom. The van der Waals surface area contributed by atoms with Crippen LogP contribution in [0.25, 0.3) is 0 Å². The Bertz CT molecular complexity index is 1420. The van der Waals surface area contributed by atoms with E-state index in [2.05, 4.69) is 5.32 Å². The first-order valence-corrected chi connectivity index (χ1v) is 14.4. The number of nitrogens with one attached hydrogen (secondary N) is 1. The van der Waals surface area contributed by atoms with Gasteiger partial charge in [0.25, 0.3) is 10.0 Å². The highest BCUT2D eigenvalue weighted by molar-refractivity contribution is 7.92. The van der Waals surface area contributed by atoms with Gasteiger partial charge < -0.3 is 10.2 Å². The number of anilines is 1. The molecule has 2 amide bonds. The van der Waals surface area contributed by atoms with Crippen molar-refractivity contribution in [3.63, 3.8) is 0 Å². The molecule has 0 aliphatic carbocycles. The third-order valence-corrected chi connectivity index (χ3v) is 9.10. The molecule has 0 aromatic heterocycles. The fourth-order valence-corrected chi connectivity index (χ4v) is 6.05. The van der Waals surface area contributed by atoms with Gasteiger partial charge in [0, 0.05) is 13.6 Å². The van der Waals surface area contributed by atoms with Crippen molar-refractivity contribution in [1.29, 1.82) is 0 Å². The molecule has 38 heavy (non-hydrogen) atoms. The number of carbonyl (C=O) groups is 2. The summed E-state index contributed by atoms with van der Waals surface area (Å²) in [5.41, 5.74) is 0.632. The molecule has 202 valence electrons. The summed E-state index contributed by atoms with van der Waals surface area (Å²) in [6, 6.07) is 16.1. The van der Waals surface area contributed by atoms with E-state index in [9.17, 15) is 18.0 Å². The zero-order chi connectivity index (χ0) is 28.0. The molecule has 3 aromatic carbocycles. The van der Waals surface area contributed by atoms with Crippen molar-refractivity contribution in [2.45, 2.75) is 30.8 Å². The molecule has 1 atom stereocenters. The molecule has 0 bridgehead atoms. The fraction of sp³-hybridized carbons (Fsp3) is 0.231. The lowest BCUT2D eigenvalue weighted by molar-refractivity contribution is -0.140. The van der Waals surface area contributed by atoms with E-state index in [1.54, 1.807) is 43.3 Å². The van der Waals surface area contributed by atoms with Crippen LogP contribution in [0.1, 0.15) is 18.9 Å². The molecule has 0 aliphatic rings. The van der Waals surface area contributed by atoms with Crippen molar-refractivity contribution in [2.75, 3.05) is 17.9 Å². The quantitative estimate of drug-likeness (QED) is 0.300. The Hall–Kier alpha value is -2.49. The summed E-state index contributed by atoms with van der Waals surface area (Å²) in [5.74, 6) is -1.04. The number of hydrogen-bond acceptors (Lipinski definition) is 4. The average molecular weight is 617 g/mol. The van der Waals surface area contributed by atoms with Gasteiger partial charge in [-0.3, -0.25) is 13.9 Å². The van der Waals surface area contributed by atoms with Crippen LogP contribution >= 0.6 is 46.4 Å². The van der Waals surface area contributed by atoms with Crippen molar-refractivity contribution in [3.8, 4) is 0 Å². The molecule has 3 aromatic rings. The van der Waals surface area contributed by atoms with Crippen LogP contribution in [0.2, 0.25) is 20.1 Å². The molecule has 0 spiro atoms. The topological polar surface area (TPSA) is 86.8 Å². The van der Waals surface area contributed by atoms with Crippen molar-refractivity contribution in [3.05, 3.63) is 92.4 Å². The molecule has 0 heterocycles. The van der Waals surface area contributed by atoms with Crippen LogP contribution in [0, 0.1) is 0 Å². The molecule has 0 aliphatic heterocycles. The van der Waals surface area contributed by atoms with Crippen LogP contribution in [0.5, 0.6) is 0 Å². The molecule has 7 nitrogen and oxygen atoms in total. The van der Waals surface area contributed by atoms with Crippen LogP contribution < -0.4 is 9.62 Å². The number of sulfonamides is 1. The normalized spacial score (nSPS) is 12.1. The van der Waals surface area contributed by atoms with Crippen LogP contribution in [0.4, 0.5) is 5.69 Å². The largest absolute Gasteiger partial charge is 0.357 e. The molecule has 1 unspecified atom stereocenters. The van der Waals surface area contributed by atoms with Gasteiger partial charge in [-0.2, -0.15) is 0 Å². The van der Waals surface area contributed by atoms with E-state index in [1.165, 1.54) is 42.3 Å². The first kappa shape index (κ1) is 30.1. The van der Waals surface area contributed by atoms with Gasteiger partial charge in [-0.25, -0.2) is 8.42 Å². The number of halogens is 4. The minimum Gasteiger partial charge on any atom is -0.357 e. The highest BCUT2D eigenvalue weighted by Gasteiger charge is 2.34. The minimum absolute atomic E-state index is 0.0237. The van der Waals surface area contributed by atoms with Gasteiger partial charge in [0.05, 0.1) is 30.7 Å². The van der Waals surface area contributed by atoms with Crippen LogP contribution in [0.3, 0.4) is 0 Å². The lowest BCUT2D eigenvalue weighted by atomic mass is 10.1. The lowest BCUT2D eigenvalue weighted by Crippen LogP contribution is -2.51. The molecule has 3 rings (SSSR count). The molecular formula is C26H25Cl4N3O4S. The van der Waals surface area contributed by atoms with Crippen molar-refractivity contribution in [1.82, 2.24) is 10.2 Å². The van der Waals surface area contributed by atoms with Gasteiger partial charge in [-0.15, -0.1) is 0 Å². The van der Waals surface area contributed by atoms with Gasteiger partial charge in [0.15, 0.2) is 0 Å². The van der Waals surface area contributed by atoms with Crippen molar-refractivity contribution >= 4 is 73.9 Å². The van der Waals surface area contributed by atoms with Gasteiger partial charge in [0.2, 0.25) is 11.8 Å². The monoisotopic (exact) mass is 615 g/mol. The first-order chi connectivity index (χ1) is 18.0. The van der Waals surface area contributed by atoms with Gasteiger partial charge in [0.1, 0.15) is 12.6 Å². The standard InChI is InChI=1S/C26H25Cl4N3O4S/c1-3-22(26(35)31-2)32(15-17-12-13-19(27)21(29)14-17)24(34)16-33(23-11-7-10-20(28)25(23)30)38(36,37)18-8-5-4-6-9-18/h4-14,22H,3,15-16H2,1-2H3,(H,31,35). The second-order valence-corrected chi connectivity index (χ2v) is 11.7. The number of amides is 2. The van der Waals surface area contributed by atoms with E-state index in [0.717, 1.165) is 4.31 Å². The molecule has 0 radical (unpaired) electrons. The zero-order valence-corrected chi connectivity index (χ0v) is 24.3. The highest BCUT2D eigenvalue weighted by Crippen LogP contribution is 2.35. The maximum atomic E-state index is 13.9. The summed E-state index contributed by atoms with van der Waals surface area (Å²) in [5, 5.41) is 3.27. The van der Waals surface area contributed by atoms with Gasteiger partial charge in [-0.1, -0.05) is 83.7 Å². The van der Waals surface area contributed by atoms with Gasteiger partial charge >= 0.3 is 0 Å². The number of benzene rings is 3. The summed E-state index contributed by atoms with van der Waals surface area (Å²) < 4.78 is 28.4. The fourth-order valence-electron chi connectivity index (χ4n) is 3.84. The Labute approximate surface area is 242 Å². The highest BCUT2D eigenvalue weighted by atomic mass is 35.5. The molecule has 12 heteroatoms. The van der Waals surface area contributed by atoms with E-state index in [4.69, 9.17) is 46.4 Å². The minimum atomic E-state index is -4.26. The summed E-state index contributed by atoms with van der Waals surface area (Å²) in [6.07, 6.45) is 0.274. The van der Waals surface area contributed by atoms with E-state index in [1.807, 2.05) is 0 Å². The summed E-state index contributed by atoms with van der Waals surface area (Å²) in [4.78, 5) is 27.9. The summed E-state index contributed by atoms with van der Waals surface area (Å²) in [6.45, 7) is 1.08. The van der Waals surface area contributed by atoms with E-state index in [-0.39, 0.29) is 38.6 Å². The Balaban J connectivity index is 2.10. The van der Waals surface area contributed by atoms with E-state index >= 15 is 0 Å². The Morgan fingerprint density at radius 2 is 1.58 bits per heavy atom. The second kappa shape index (κ2) is 13.0. The first-order valence-electron chi connectivity index (χ1n) is 11.5. The maximum absolute atomic E-state index is 13.9. The molecule has 0 saturated carbocycles. The second-order valence-electron chi connectivity index (χ2n) is 8.21. The average Bonchev–Trinajstić information content (AvgIpc) is 2.91. The van der Waals surface area contributed by atoms with Crippen molar-refractivity contribution in [2.24, 2.45) is 0 Å². The number of nitrogens with zero attached hydrogens (tertiary/aromatic N) is 2. The third-order valence-electron chi connectivity index (χ3n) is 5.78. The number of likely N-dealkylation sites (N-methyl/N-ethyl adjacent to an activating group) is 1. The van der Waals surface area contributed by atoms with Gasteiger partial charge in [-0.05, 0) is 48.4 Å². The number of hydrogen-bond donors (Lipinski definition) is 1. The Morgan fingerprint density at radius 3 is 2.18 bits per heavy atom. The molecule has 0 fully saturated rings. The number of rotatable bonds is 10. The number of carbonyl (C=O) groups excluding carboxylic acids is 2. The van der Waals surface area contributed by atoms with Crippen molar-refractivity contribution < 1.29 is 18.0 Å². The zero-order valence-electron chi connectivity index (χ0n) is 20.5. The van der Waals surface area contributed by atoms with Crippen LogP contribution in [-0.4, -0.2) is 44.8 Å². The lowest BCUT2D eigenvalue weighted by Gasteiger charge is -2.33. The van der Waals surface area contributed by atoms with Crippen LogP contribution in [0.15, 0.2) is 71.6 Å². The Kier molecular flexibility index (Phi) is 10.3. The molecule has 0 saturated heterocycles. The molecule has 1 N–H and O–H groups in total.